The molecule has 4 N–H and O–H groups in total. The lowest BCUT2D eigenvalue weighted by Crippen LogP contribution is -2.19. The zero-order valence-electron chi connectivity index (χ0n) is 16.4. The van der Waals surface area contributed by atoms with Crippen molar-refractivity contribution in [2.45, 2.75) is 12.8 Å². The molecule has 148 valence electrons. The van der Waals surface area contributed by atoms with Crippen molar-refractivity contribution in [1.82, 2.24) is 0 Å². The van der Waals surface area contributed by atoms with Crippen LogP contribution in [0.25, 0.3) is 5.57 Å². The molecule has 0 fully saturated rings. The van der Waals surface area contributed by atoms with Crippen LogP contribution in [0.2, 0.25) is 0 Å². The molecule has 5 heteroatoms. The van der Waals surface area contributed by atoms with Crippen LogP contribution >= 0.6 is 11.8 Å². The van der Waals surface area contributed by atoms with Crippen LogP contribution in [0.15, 0.2) is 90.5 Å². The number of amides is 2. The Balaban J connectivity index is 1.64. The number of thioether (sulfide) groups is 1. The minimum Gasteiger partial charge on any atom is -0.402 e. The standard InChI is InChI=1S/C24H25N3OS/c1-3-5-19(14-17(2)25)18-8-10-22(11-9-18)26-24(28)27-23-7-4-6-20(15-23)21-12-13-29-16-21/h3-15,21H,1,16,25H2,2H3,(H2,26,27,28)/b17-14-,19-5+. The molecule has 0 aliphatic carbocycles. The number of nitrogens with two attached hydrogens (primary N) is 1. The number of urea groups is 1. The number of hydrogen-bond donors (Lipinski definition) is 3. The molecule has 1 heterocycles. The lowest BCUT2D eigenvalue weighted by atomic mass is 10.0. The van der Waals surface area contributed by atoms with Crippen LogP contribution in [0.5, 0.6) is 0 Å². The van der Waals surface area contributed by atoms with E-state index in [0.717, 1.165) is 22.6 Å². The number of carbonyl (C=O) groups excluding carboxylic acids is 1. The van der Waals surface area contributed by atoms with Gasteiger partial charge < -0.3 is 16.4 Å². The molecule has 2 amide bonds. The number of carbonyl (C=O) groups is 1. The maximum atomic E-state index is 12.4. The van der Waals surface area contributed by atoms with E-state index in [-0.39, 0.29) is 6.03 Å². The maximum Gasteiger partial charge on any atom is 0.323 e. The molecule has 2 aromatic rings. The van der Waals surface area contributed by atoms with E-state index in [9.17, 15) is 4.79 Å². The molecular formula is C24H25N3OS. The van der Waals surface area contributed by atoms with Crippen molar-refractivity contribution < 1.29 is 4.79 Å². The first kappa shape index (κ1) is 20.6. The van der Waals surface area contributed by atoms with E-state index in [1.54, 1.807) is 6.08 Å². The van der Waals surface area contributed by atoms with Gasteiger partial charge in [0.05, 0.1) is 0 Å². The van der Waals surface area contributed by atoms with Gasteiger partial charge in [-0.1, -0.05) is 49.1 Å². The lowest BCUT2D eigenvalue weighted by Gasteiger charge is -2.12. The van der Waals surface area contributed by atoms with Gasteiger partial charge in [-0.05, 0) is 59.4 Å². The van der Waals surface area contributed by atoms with E-state index in [1.165, 1.54) is 5.56 Å². The molecule has 3 rings (SSSR count). The van der Waals surface area contributed by atoms with Crippen LogP contribution in [0.1, 0.15) is 24.0 Å². The first-order valence-electron chi connectivity index (χ1n) is 9.38. The van der Waals surface area contributed by atoms with Crippen LogP contribution in [0.3, 0.4) is 0 Å². The molecule has 0 radical (unpaired) electrons. The van der Waals surface area contributed by atoms with Gasteiger partial charge in [0.1, 0.15) is 0 Å². The van der Waals surface area contributed by atoms with Gasteiger partial charge in [-0.3, -0.25) is 0 Å². The summed E-state index contributed by atoms with van der Waals surface area (Å²) in [6.45, 7) is 5.59. The summed E-state index contributed by atoms with van der Waals surface area (Å²) >= 11 is 1.81. The Morgan fingerprint density at radius 2 is 1.93 bits per heavy atom. The van der Waals surface area contributed by atoms with Gasteiger partial charge in [-0.25, -0.2) is 4.79 Å². The van der Waals surface area contributed by atoms with Crippen molar-refractivity contribution in [2.24, 2.45) is 5.73 Å². The van der Waals surface area contributed by atoms with Gasteiger partial charge in [0.2, 0.25) is 0 Å². The average Bonchev–Trinajstić information content (AvgIpc) is 3.23. The fraction of sp³-hybridized carbons (Fsp3) is 0.125. The van der Waals surface area contributed by atoms with Crippen LogP contribution in [0, 0.1) is 0 Å². The molecular weight excluding hydrogens is 378 g/mol. The smallest absolute Gasteiger partial charge is 0.323 e. The monoisotopic (exact) mass is 403 g/mol. The Morgan fingerprint density at radius 3 is 2.59 bits per heavy atom. The number of benzene rings is 2. The topological polar surface area (TPSA) is 67.1 Å². The molecule has 1 aliphatic rings. The molecule has 0 saturated heterocycles. The zero-order valence-corrected chi connectivity index (χ0v) is 17.2. The van der Waals surface area contributed by atoms with Crippen LogP contribution in [-0.2, 0) is 0 Å². The van der Waals surface area contributed by atoms with E-state index in [4.69, 9.17) is 5.73 Å². The van der Waals surface area contributed by atoms with Crippen molar-refractivity contribution in [2.75, 3.05) is 16.4 Å². The third-order valence-corrected chi connectivity index (χ3v) is 5.31. The normalized spacial score (nSPS) is 16.5. The molecule has 4 nitrogen and oxygen atoms in total. The third kappa shape index (κ3) is 5.90. The van der Waals surface area contributed by atoms with Gasteiger partial charge >= 0.3 is 6.03 Å². The van der Waals surface area contributed by atoms with E-state index in [1.807, 2.05) is 73.3 Å². The van der Waals surface area contributed by atoms with Crippen molar-refractivity contribution in [1.29, 1.82) is 0 Å². The number of rotatable bonds is 6. The Morgan fingerprint density at radius 1 is 1.17 bits per heavy atom. The summed E-state index contributed by atoms with van der Waals surface area (Å²) in [5.41, 5.74) is 11.2. The number of hydrogen-bond acceptors (Lipinski definition) is 3. The van der Waals surface area contributed by atoms with Gasteiger partial charge in [-0.2, -0.15) is 0 Å². The second-order valence-electron chi connectivity index (χ2n) is 6.80. The molecule has 0 saturated carbocycles. The van der Waals surface area contributed by atoms with Crippen LogP contribution < -0.4 is 16.4 Å². The number of allylic oxidation sites excluding steroid dienone is 6. The SMILES string of the molecule is C=C/C=C(\C=C(\C)N)c1ccc(NC(=O)Nc2cccc(C3C=CSC3)c2)cc1. The van der Waals surface area contributed by atoms with E-state index in [2.05, 4.69) is 34.8 Å². The maximum absolute atomic E-state index is 12.4. The fourth-order valence-corrected chi connectivity index (χ4v) is 3.98. The van der Waals surface area contributed by atoms with E-state index < -0.39 is 0 Å². The molecule has 1 unspecified atom stereocenters. The van der Waals surface area contributed by atoms with Crippen molar-refractivity contribution >= 4 is 34.7 Å². The van der Waals surface area contributed by atoms with Gasteiger partial charge in [0.25, 0.3) is 0 Å². The quantitative estimate of drug-likeness (QED) is 0.510. The second kappa shape index (κ2) is 9.85. The molecule has 29 heavy (non-hydrogen) atoms. The Kier molecular flexibility index (Phi) is 6.98. The minimum atomic E-state index is -0.272. The largest absolute Gasteiger partial charge is 0.402 e. The molecule has 1 atom stereocenters. The van der Waals surface area contributed by atoms with Crippen LogP contribution in [-0.4, -0.2) is 11.8 Å². The highest BCUT2D eigenvalue weighted by Gasteiger charge is 2.13. The highest BCUT2D eigenvalue weighted by molar-refractivity contribution is 8.02. The lowest BCUT2D eigenvalue weighted by molar-refractivity contribution is 0.262. The number of anilines is 2. The average molecular weight is 404 g/mol. The van der Waals surface area contributed by atoms with Crippen molar-refractivity contribution in [3.05, 3.63) is 102 Å². The zero-order chi connectivity index (χ0) is 20.6. The van der Waals surface area contributed by atoms with E-state index >= 15 is 0 Å². The first-order chi connectivity index (χ1) is 14.0. The molecule has 1 aliphatic heterocycles. The summed E-state index contributed by atoms with van der Waals surface area (Å²) in [6, 6.07) is 15.3. The van der Waals surface area contributed by atoms with Gasteiger partial charge in [-0.15, -0.1) is 11.8 Å². The van der Waals surface area contributed by atoms with Crippen molar-refractivity contribution in [3.63, 3.8) is 0 Å². The molecule has 0 aromatic heterocycles. The van der Waals surface area contributed by atoms with Gasteiger partial charge in [0, 0.05) is 28.7 Å². The molecule has 0 spiro atoms. The fourth-order valence-electron chi connectivity index (χ4n) is 3.06. The summed E-state index contributed by atoms with van der Waals surface area (Å²) in [4.78, 5) is 12.4. The minimum absolute atomic E-state index is 0.272. The predicted octanol–water partition coefficient (Wildman–Crippen LogP) is 6.11. The van der Waals surface area contributed by atoms with E-state index in [0.29, 0.717) is 17.3 Å². The number of nitrogens with one attached hydrogen (secondary N) is 2. The van der Waals surface area contributed by atoms with Crippen LogP contribution in [0.4, 0.5) is 16.2 Å². The Hall–Kier alpha value is -3.18. The molecule has 2 aromatic carbocycles. The summed E-state index contributed by atoms with van der Waals surface area (Å²) < 4.78 is 0. The second-order valence-corrected chi connectivity index (χ2v) is 7.74. The Bertz CT molecular complexity index is 970. The predicted molar refractivity (Wildman–Crippen MR) is 126 cm³/mol. The highest BCUT2D eigenvalue weighted by atomic mass is 32.2. The summed E-state index contributed by atoms with van der Waals surface area (Å²) in [5, 5.41) is 7.90. The van der Waals surface area contributed by atoms with Gasteiger partial charge in [0.15, 0.2) is 0 Å². The highest BCUT2D eigenvalue weighted by Crippen LogP contribution is 2.30. The molecule has 0 bridgehead atoms. The summed E-state index contributed by atoms with van der Waals surface area (Å²) in [7, 11) is 0. The Labute approximate surface area is 176 Å². The summed E-state index contributed by atoms with van der Waals surface area (Å²) in [6.07, 6.45) is 7.71. The first-order valence-corrected chi connectivity index (χ1v) is 10.4. The summed E-state index contributed by atoms with van der Waals surface area (Å²) in [5.74, 6) is 1.45. The third-order valence-electron chi connectivity index (χ3n) is 4.41. The van der Waals surface area contributed by atoms with Crippen molar-refractivity contribution in [3.8, 4) is 0 Å².